The molecule has 0 aromatic heterocycles. The van der Waals surface area contributed by atoms with Crippen molar-refractivity contribution < 1.29 is 57.4 Å². The number of hydrogen-bond donors (Lipinski definition) is 5. The minimum atomic E-state index is -1.43. The van der Waals surface area contributed by atoms with Crippen LogP contribution in [0.15, 0.2) is 121 Å². The van der Waals surface area contributed by atoms with Crippen molar-refractivity contribution in [3.63, 3.8) is 0 Å². The zero-order chi connectivity index (χ0) is 55.7. The average molecular weight is 1060 g/mol. The van der Waals surface area contributed by atoms with Gasteiger partial charge in [-0.3, -0.25) is 34.1 Å². The zero-order valence-electron chi connectivity index (χ0n) is 44.1. The van der Waals surface area contributed by atoms with Gasteiger partial charge in [0, 0.05) is 38.1 Å². The van der Waals surface area contributed by atoms with Gasteiger partial charge in [-0.1, -0.05) is 84.9 Å². The lowest BCUT2D eigenvalue weighted by Crippen LogP contribution is -2.59. The highest BCUT2D eigenvalue weighted by atomic mass is 16.6. The first kappa shape index (κ1) is 57.7. The van der Waals surface area contributed by atoms with Gasteiger partial charge < -0.3 is 50.4 Å². The molecule has 408 valence electrons. The fourth-order valence-electron chi connectivity index (χ4n) is 8.36. The van der Waals surface area contributed by atoms with Gasteiger partial charge in [-0.15, -0.1) is 0 Å². The topological polar surface area (TPSA) is 263 Å². The van der Waals surface area contributed by atoms with Gasteiger partial charge in [0.25, 0.3) is 5.69 Å². The van der Waals surface area contributed by atoms with E-state index in [4.69, 9.17) is 18.9 Å². The molecule has 20 heteroatoms. The second-order valence-electron chi connectivity index (χ2n) is 20.5. The van der Waals surface area contributed by atoms with Gasteiger partial charge in [0.2, 0.25) is 23.6 Å². The van der Waals surface area contributed by atoms with Crippen LogP contribution in [0.5, 0.6) is 5.75 Å². The Morgan fingerprint density at radius 3 is 1.91 bits per heavy atom. The zero-order valence-corrected chi connectivity index (χ0v) is 44.1. The molecule has 5 N–H and O–H groups in total. The van der Waals surface area contributed by atoms with Gasteiger partial charge in [0.15, 0.2) is 0 Å². The van der Waals surface area contributed by atoms with E-state index in [0.717, 1.165) is 16.3 Å². The first-order valence-corrected chi connectivity index (χ1v) is 25.4. The number of alkyl carbamates (subject to hydrolysis) is 2. The van der Waals surface area contributed by atoms with Crippen LogP contribution in [0.4, 0.5) is 15.3 Å². The van der Waals surface area contributed by atoms with E-state index in [-0.39, 0.29) is 57.7 Å². The molecule has 1 saturated heterocycles. The van der Waals surface area contributed by atoms with E-state index in [2.05, 4.69) is 26.6 Å². The van der Waals surface area contributed by atoms with Gasteiger partial charge >= 0.3 is 18.2 Å². The van der Waals surface area contributed by atoms with E-state index in [1.807, 2.05) is 69.3 Å². The highest BCUT2D eigenvalue weighted by molar-refractivity contribution is 5.96. The Morgan fingerprint density at radius 1 is 0.636 bits per heavy atom. The van der Waals surface area contributed by atoms with Gasteiger partial charge in [0.05, 0.1) is 4.92 Å². The van der Waals surface area contributed by atoms with Crippen molar-refractivity contribution in [2.45, 2.75) is 122 Å². The lowest BCUT2D eigenvalue weighted by molar-refractivity contribution is -0.384. The number of fused-ring (bicyclic) bond motifs is 1. The molecule has 6 amide bonds. The molecule has 0 bridgehead atoms. The van der Waals surface area contributed by atoms with Crippen LogP contribution in [0.1, 0.15) is 83.1 Å². The van der Waals surface area contributed by atoms with Crippen LogP contribution in [-0.2, 0) is 64.2 Å². The monoisotopic (exact) mass is 1060 g/mol. The predicted molar refractivity (Wildman–Crippen MR) is 285 cm³/mol. The summed E-state index contributed by atoms with van der Waals surface area (Å²) in [5, 5.41) is 26.3. The van der Waals surface area contributed by atoms with Crippen molar-refractivity contribution >= 4 is 58.2 Å². The molecule has 1 fully saturated rings. The molecule has 0 aliphatic carbocycles. The Hall–Kier alpha value is -8.55. The number of ether oxygens (including phenoxy) is 4. The number of likely N-dealkylation sites (tertiary alicyclic amines) is 1. The minimum absolute atomic E-state index is 0.0307. The molecule has 6 rings (SSSR count). The van der Waals surface area contributed by atoms with E-state index in [1.165, 1.54) is 29.2 Å². The molecule has 0 unspecified atom stereocenters. The van der Waals surface area contributed by atoms with Gasteiger partial charge in [-0.25, -0.2) is 9.59 Å². The maximum atomic E-state index is 14.9. The van der Waals surface area contributed by atoms with Crippen LogP contribution in [0.3, 0.4) is 0 Å². The summed E-state index contributed by atoms with van der Waals surface area (Å²) in [6, 6.07) is 29.6. The second kappa shape index (κ2) is 26.8. The summed E-state index contributed by atoms with van der Waals surface area (Å²) in [5.74, 6) is -3.03. The quantitative estimate of drug-likeness (QED) is 0.0208. The summed E-state index contributed by atoms with van der Waals surface area (Å²) in [7, 11) is 0. The average Bonchev–Trinajstić information content (AvgIpc) is 3.88. The van der Waals surface area contributed by atoms with Crippen molar-refractivity contribution in [1.82, 2.24) is 31.5 Å². The fraction of sp³-hybridized carbons (Fsp3) is 0.386. The summed E-state index contributed by atoms with van der Waals surface area (Å²) in [6.45, 7) is 9.94. The molecule has 4 atom stereocenters. The molecule has 0 radical (unpaired) electrons. The van der Waals surface area contributed by atoms with Crippen LogP contribution in [0.25, 0.3) is 10.8 Å². The third kappa shape index (κ3) is 18.7. The lowest BCUT2D eigenvalue weighted by Gasteiger charge is -2.30. The highest BCUT2D eigenvalue weighted by Gasteiger charge is 2.39. The molecule has 77 heavy (non-hydrogen) atoms. The molecule has 1 aliphatic rings. The number of nitrogens with zero attached hydrogens (tertiary/aromatic N) is 2. The Balaban J connectivity index is 1.23. The summed E-state index contributed by atoms with van der Waals surface area (Å²) in [5.41, 5.74) is 1.01. The van der Waals surface area contributed by atoms with Crippen molar-refractivity contribution in [2.75, 3.05) is 19.6 Å². The van der Waals surface area contributed by atoms with E-state index in [9.17, 15) is 43.7 Å². The van der Waals surface area contributed by atoms with Crippen LogP contribution in [0, 0.1) is 10.1 Å². The maximum absolute atomic E-state index is 14.9. The number of carbonyl (C=O) groups excluding carboxylic acids is 7. The summed E-state index contributed by atoms with van der Waals surface area (Å²) < 4.78 is 22.2. The van der Waals surface area contributed by atoms with Crippen molar-refractivity contribution in [3.05, 3.63) is 154 Å². The first-order chi connectivity index (χ1) is 36.6. The summed E-state index contributed by atoms with van der Waals surface area (Å²) in [6.07, 6.45) is -1.30. The van der Waals surface area contributed by atoms with Crippen LogP contribution in [-0.4, -0.2) is 107 Å². The van der Waals surface area contributed by atoms with Gasteiger partial charge in [-0.05, 0) is 118 Å². The molecular formula is C57H67N7O13. The SMILES string of the molecule is CC(C)(C)OC(=O)N[C@@H](Cc1ccc(OC(C)(C)C)cc1)C(=O)N[C@H](CCNC(=O)OCc1ccccc1)C(=O)N[C@@H](Cc1ccc2ccccc2c1)C(=O)N1CCC[C@@H]1C(=O)NCC(=O)OCc1ccc([N+](=O)[O-])cc1. The van der Waals surface area contributed by atoms with Gasteiger partial charge in [-0.2, -0.15) is 0 Å². The standard InChI is InChI=1S/C57H67N7O13/c1-56(2,3)76-44-26-21-37(22-27-44)32-46(62-55(71)77-57(4,5)6)51(67)60-45(28-29-58-54(70)75-36-38-13-8-7-9-14-38)50(66)61-47(33-40-18-23-41-15-10-11-16-42(41)31-40)53(69)63-30-12-17-48(63)52(68)59-34-49(65)74-35-39-19-24-43(25-20-39)64(72)73/h7-11,13-16,18-27,31,45-48H,12,17,28-30,32-36H2,1-6H3,(H,58,70)(H,59,68)(H,60,67)(H,61,66)(H,62,71)/t45-,46+,47+,48-/m1/s1. The number of esters is 1. The third-order valence-electron chi connectivity index (χ3n) is 12.0. The van der Waals surface area contributed by atoms with E-state index < -0.39 is 88.6 Å². The van der Waals surface area contributed by atoms with Gasteiger partial charge in [0.1, 0.15) is 60.9 Å². The van der Waals surface area contributed by atoms with Crippen molar-refractivity contribution in [1.29, 1.82) is 0 Å². The number of nitrogens with one attached hydrogen (secondary N) is 5. The van der Waals surface area contributed by atoms with Crippen LogP contribution >= 0.6 is 0 Å². The predicted octanol–water partition coefficient (Wildman–Crippen LogP) is 6.74. The number of benzene rings is 5. The lowest BCUT2D eigenvalue weighted by atomic mass is 10.00. The van der Waals surface area contributed by atoms with Crippen LogP contribution in [0.2, 0.25) is 0 Å². The minimum Gasteiger partial charge on any atom is -0.488 e. The normalized spacial score (nSPS) is 14.5. The molecule has 0 saturated carbocycles. The summed E-state index contributed by atoms with van der Waals surface area (Å²) >= 11 is 0. The smallest absolute Gasteiger partial charge is 0.408 e. The Labute approximate surface area is 447 Å². The number of carbonyl (C=O) groups is 7. The Bertz CT molecular complexity index is 2870. The number of nitro benzene ring substituents is 1. The molecule has 1 aliphatic heterocycles. The van der Waals surface area contributed by atoms with E-state index >= 15 is 0 Å². The fourth-order valence-corrected chi connectivity index (χ4v) is 8.36. The number of nitro groups is 1. The molecular weight excluding hydrogens is 991 g/mol. The first-order valence-electron chi connectivity index (χ1n) is 25.4. The second-order valence-corrected chi connectivity index (χ2v) is 20.5. The number of hydrogen-bond acceptors (Lipinski definition) is 13. The number of non-ortho nitro benzene ring substituents is 1. The molecule has 5 aromatic carbocycles. The molecule has 1 heterocycles. The van der Waals surface area contributed by atoms with Crippen molar-refractivity contribution in [3.8, 4) is 5.75 Å². The summed E-state index contributed by atoms with van der Waals surface area (Å²) in [4.78, 5) is 109. The van der Waals surface area contributed by atoms with Crippen molar-refractivity contribution in [2.24, 2.45) is 0 Å². The number of rotatable bonds is 22. The highest BCUT2D eigenvalue weighted by Crippen LogP contribution is 2.23. The Morgan fingerprint density at radius 2 is 1.23 bits per heavy atom. The number of amides is 6. The largest absolute Gasteiger partial charge is 0.488 e. The van der Waals surface area contributed by atoms with Crippen LogP contribution < -0.4 is 31.3 Å². The third-order valence-corrected chi connectivity index (χ3v) is 12.0. The Kier molecular flexibility index (Phi) is 20.1. The maximum Gasteiger partial charge on any atom is 0.408 e. The molecule has 0 spiro atoms. The van der Waals surface area contributed by atoms with E-state index in [1.54, 1.807) is 69.3 Å². The van der Waals surface area contributed by atoms with E-state index in [0.29, 0.717) is 28.9 Å². The molecule has 5 aromatic rings. The molecule has 20 nitrogen and oxygen atoms in total.